The highest BCUT2D eigenvalue weighted by Crippen LogP contribution is 2.24. The fourth-order valence-corrected chi connectivity index (χ4v) is 2.40. The maximum absolute atomic E-state index is 9.09. The SMILES string of the molecule is CN1CCCN(c2ccc(CO)c(Cl)c2)CC1. The van der Waals surface area contributed by atoms with E-state index in [1.165, 1.54) is 6.42 Å². The molecule has 0 aromatic heterocycles. The van der Waals surface area contributed by atoms with Gasteiger partial charge < -0.3 is 14.9 Å². The first-order chi connectivity index (χ1) is 8.20. The summed E-state index contributed by atoms with van der Waals surface area (Å²) in [4.78, 5) is 4.71. The maximum atomic E-state index is 9.09. The number of aliphatic hydroxyl groups is 1. The van der Waals surface area contributed by atoms with Gasteiger partial charge >= 0.3 is 0 Å². The van der Waals surface area contributed by atoms with Crippen molar-refractivity contribution in [3.8, 4) is 0 Å². The molecule has 17 heavy (non-hydrogen) atoms. The molecular weight excluding hydrogens is 236 g/mol. The molecule has 1 N–H and O–H groups in total. The summed E-state index contributed by atoms with van der Waals surface area (Å²) >= 11 is 6.12. The first-order valence-electron chi connectivity index (χ1n) is 6.03. The summed E-state index contributed by atoms with van der Waals surface area (Å²) in [5.74, 6) is 0. The van der Waals surface area contributed by atoms with Crippen LogP contribution in [0.3, 0.4) is 0 Å². The minimum Gasteiger partial charge on any atom is -0.392 e. The number of anilines is 1. The van der Waals surface area contributed by atoms with Crippen LogP contribution in [0.1, 0.15) is 12.0 Å². The van der Waals surface area contributed by atoms with E-state index in [-0.39, 0.29) is 6.61 Å². The largest absolute Gasteiger partial charge is 0.392 e. The quantitative estimate of drug-likeness (QED) is 0.874. The molecule has 0 unspecified atom stereocenters. The Bertz CT molecular complexity index is 384. The molecule has 1 aromatic rings. The number of benzene rings is 1. The number of likely N-dealkylation sites (N-methyl/N-ethyl adjacent to an activating group) is 1. The van der Waals surface area contributed by atoms with Crippen molar-refractivity contribution in [3.63, 3.8) is 0 Å². The van der Waals surface area contributed by atoms with Crippen LogP contribution >= 0.6 is 11.6 Å². The van der Waals surface area contributed by atoms with E-state index in [9.17, 15) is 0 Å². The monoisotopic (exact) mass is 254 g/mol. The number of rotatable bonds is 2. The summed E-state index contributed by atoms with van der Waals surface area (Å²) in [5, 5.41) is 9.75. The fourth-order valence-electron chi connectivity index (χ4n) is 2.17. The Morgan fingerprint density at radius 2 is 2.06 bits per heavy atom. The van der Waals surface area contributed by atoms with Crippen LogP contribution in [0.25, 0.3) is 0 Å². The second kappa shape index (κ2) is 5.71. The van der Waals surface area contributed by atoms with Crippen LogP contribution in [0, 0.1) is 0 Å². The lowest BCUT2D eigenvalue weighted by molar-refractivity contribution is 0.282. The number of hydrogen-bond donors (Lipinski definition) is 1. The molecule has 0 atom stereocenters. The van der Waals surface area contributed by atoms with Gasteiger partial charge in [0.15, 0.2) is 0 Å². The average Bonchev–Trinajstić information content (AvgIpc) is 2.54. The topological polar surface area (TPSA) is 26.7 Å². The molecule has 2 rings (SSSR count). The van der Waals surface area contributed by atoms with E-state index in [1.807, 2.05) is 18.2 Å². The van der Waals surface area contributed by atoms with Crippen molar-refractivity contribution in [2.75, 3.05) is 38.1 Å². The molecule has 0 aliphatic carbocycles. The van der Waals surface area contributed by atoms with Crippen LogP contribution in [-0.4, -0.2) is 43.2 Å². The lowest BCUT2D eigenvalue weighted by Crippen LogP contribution is -2.28. The summed E-state index contributed by atoms with van der Waals surface area (Å²) in [5.41, 5.74) is 1.95. The molecule has 0 radical (unpaired) electrons. The first kappa shape index (κ1) is 12.7. The Morgan fingerprint density at radius 3 is 2.76 bits per heavy atom. The van der Waals surface area contributed by atoms with Gasteiger partial charge in [-0.05, 0) is 37.7 Å². The molecule has 1 aliphatic rings. The smallest absolute Gasteiger partial charge is 0.0696 e. The Labute approximate surface area is 108 Å². The van der Waals surface area contributed by atoms with Gasteiger partial charge in [-0.25, -0.2) is 0 Å². The second-order valence-corrected chi connectivity index (χ2v) is 4.98. The zero-order valence-electron chi connectivity index (χ0n) is 10.2. The molecule has 0 saturated carbocycles. The van der Waals surface area contributed by atoms with E-state index in [0.717, 1.165) is 37.4 Å². The van der Waals surface area contributed by atoms with Crippen molar-refractivity contribution >= 4 is 17.3 Å². The standard InChI is InChI=1S/C13H19ClN2O/c1-15-5-2-6-16(8-7-15)12-4-3-11(10-17)13(14)9-12/h3-4,9,17H,2,5-8,10H2,1H3. The number of nitrogens with zero attached hydrogens (tertiary/aromatic N) is 2. The highest BCUT2D eigenvalue weighted by Gasteiger charge is 2.13. The van der Waals surface area contributed by atoms with Crippen LogP contribution in [0.15, 0.2) is 18.2 Å². The van der Waals surface area contributed by atoms with E-state index < -0.39 is 0 Å². The zero-order chi connectivity index (χ0) is 12.3. The van der Waals surface area contributed by atoms with E-state index in [0.29, 0.717) is 5.02 Å². The maximum Gasteiger partial charge on any atom is 0.0696 e. The minimum atomic E-state index is 0.00184. The third-order valence-corrected chi connectivity index (χ3v) is 3.64. The van der Waals surface area contributed by atoms with Gasteiger partial charge in [0, 0.05) is 30.3 Å². The molecule has 0 amide bonds. The van der Waals surface area contributed by atoms with Gasteiger partial charge in [-0.15, -0.1) is 0 Å². The second-order valence-electron chi connectivity index (χ2n) is 4.58. The van der Waals surface area contributed by atoms with E-state index >= 15 is 0 Å². The summed E-state index contributed by atoms with van der Waals surface area (Å²) in [6.07, 6.45) is 1.18. The van der Waals surface area contributed by atoms with Crippen molar-refractivity contribution in [2.24, 2.45) is 0 Å². The third kappa shape index (κ3) is 3.12. The average molecular weight is 255 g/mol. The van der Waals surface area contributed by atoms with Crippen molar-refractivity contribution in [1.29, 1.82) is 0 Å². The highest BCUT2D eigenvalue weighted by atomic mass is 35.5. The Kier molecular flexibility index (Phi) is 4.26. The number of aliphatic hydroxyl groups excluding tert-OH is 1. The molecule has 1 fully saturated rings. The molecule has 1 aromatic carbocycles. The fraction of sp³-hybridized carbons (Fsp3) is 0.538. The van der Waals surface area contributed by atoms with Gasteiger partial charge in [-0.2, -0.15) is 0 Å². The predicted molar refractivity (Wildman–Crippen MR) is 71.7 cm³/mol. The molecule has 3 nitrogen and oxygen atoms in total. The molecular formula is C13H19ClN2O. The van der Waals surface area contributed by atoms with Gasteiger partial charge in [0.2, 0.25) is 0 Å². The summed E-state index contributed by atoms with van der Waals surface area (Å²) in [7, 11) is 2.16. The van der Waals surface area contributed by atoms with Gasteiger partial charge in [0.1, 0.15) is 0 Å². The first-order valence-corrected chi connectivity index (χ1v) is 6.41. The lowest BCUT2D eigenvalue weighted by Gasteiger charge is -2.23. The molecule has 0 spiro atoms. The van der Waals surface area contributed by atoms with E-state index in [2.05, 4.69) is 16.8 Å². The molecule has 1 aliphatic heterocycles. The van der Waals surface area contributed by atoms with Crippen molar-refractivity contribution < 1.29 is 5.11 Å². The third-order valence-electron chi connectivity index (χ3n) is 3.29. The molecule has 1 saturated heterocycles. The molecule has 4 heteroatoms. The summed E-state index contributed by atoms with van der Waals surface area (Å²) < 4.78 is 0. The van der Waals surface area contributed by atoms with Crippen molar-refractivity contribution in [3.05, 3.63) is 28.8 Å². The Morgan fingerprint density at radius 1 is 1.24 bits per heavy atom. The number of halogens is 1. The minimum absolute atomic E-state index is 0.00184. The molecule has 0 bridgehead atoms. The lowest BCUT2D eigenvalue weighted by atomic mass is 10.2. The highest BCUT2D eigenvalue weighted by molar-refractivity contribution is 6.31. The zero-order valence-corrected chi connectivity index (χ0v) is 11.0. The van der Waals surface area contributed by atoms with Gasteiger partial charge in [-0.1, -0.05) is 17.7 Å². The molecule has 94 valence electrons. The summed E-state index contributed by atoms with van der Waals surface area (Å²) in [6, 6.07) is 5.91. The van der Waals surface area contributed by atoms with E-state index in [4.69, 9.17) is 16.7 Å². The Hall–Kier alpha value is -0.770. The van der Waals surface area contributed by atoms with Gasteiger partial charge in [0.05, 0.1) is 6.61 Å². The van der Waals surface area contributed by atoms with Crippen LogP contribution in [-0.2, 0) is 6.61 Å². The predicted octanol–water partition coefficient (Wildman–Crippen LogP) is 1.97. The van der Waals surface area contributed by atoms with E-state index in [1.54, 1.807) is 0 Å². The Balaban J connectivity index is 2.13. The van der Waals surface area contributed by atoms with Crippen LogP contribution in [0.5, 0.6) is 0 Å². The van der Waals surface area contributed by atoms with Crippen molar-refractivity contribution in [1.82, 2.24) is 4.90 Å². The normalized spacial score (nSPS) is 18.2. The number of hydrogen-bond acceptors (Lipinski definition) is 3. The summed E-state index contributed by atoms with van der Waals surface area (Å²) in [6.45, 7) is 4.34. The van der Waals surface area contributed by atoms with Crippen molar-refractivity contribution in [2.45, 2.75) is 13.0 Å². The van der Waals surface area contributed by atoms with Crippen LogP contribution < -0.4 is 4.90 Å². The van der Waals surface area contributed by atoms with Gasteiger partial charge in [0.25, 0.3) is 0 Å². The molecule has 1 heterocycles. The van der Waals surface area contributed by atoms with Crippen LogP contribution in [0.4, 0.5) is 5.69 Å². The van der Waals surface area contributed by atoms with Gasteiger partial charge in [-0.3, -0.25) is 0 Å². The van der Waals surface area contributed by atoms with Crippen LogP contribution in [0.2, 0.25) is 5.02 Å².